The van der Waals surface area contributed by atoms with Gasteiger partial charge in [-0.2, -0.15) is 0 Å². The van der Waals surface area contributed by atoms with E-state index in [1.54, 1.807) is 0 Å². The van der Waals surface area contributed by atoms with E-state index in [2.05, 4.69) is 36.5 Å². The molecule has 0 amide bonds. The third-order valence-corrected chi connectivity index (χ3v) is 3.42. The Hall–Kier alpha value is -1.02. The van der Waals surface area contributed by atoms with Crippen molar-refractivity contribution in [2.24, 2.45) is 0 Å². The molecule has 2 rings (SSSR count). The van der Waals surface area contributed by atoms with Crippen LogP contribution in [0.15, 0.2) is 24.3 Å². The standard InChI is InChI=1S/C15H23NO/c1-2-10-16-11-5-6-13-9-12-17-15-8-4-3-7-14(13)15/h3-4,7-8,13,16H,2,5-6,9-12H2,1H3. The van der Waals surface area contributed by atoms with Gasteiger partial charge in [-0.25, -0.2) is 0 Å². The second-order valence-corrected chi connectivity index (χ2v) is 4.76. The number of benzene rings is 1. The van der Waals surface area contributed by atoms with Crippen LogP contribution in [0.2, 0.25) is 0 Å². The van der Waals surface area contributed by atoms with Gasteiger partial charge in [-0.3, -0.25) is 0 Å². The Morgan fingerprint density at radius 2 is 2.18 bits per heavy atom. The molecule has 1 aliphatic rings. The van der Waals surface area contributed by atoms with Crippen molar-refractivity contribution in [1.82, 2.24) is 5.32 Å². The van der Waals surface area contributed by atoms with E-state index in [0.717, 1.165) is 25.4 Å². The molecule has 2 heteroatoms. The second kappa shape index (κ2) is 6.65. The molecule has 2 nitrogen and oxygen atoms in total. The molecule has 0 spiro atoms. The van der Waals surface area contributed by atoms with Crippen molar-refractivity contribution < 1.29 is 4.74 Å². The third-order valence-electron chi connectivity index (χ3n) is 3.42. The SMILES string of the molecule is CCCNCCCC1CCOc2ccccc21. The predicted molar refractivity (Wildman–Crippen MR) is 71.7 cm³/mol. The zero-order valence-electron chi connectivity index (χ0n) is 10.7. The van der Waals surface area contributed by atoms with E-state index in [0.29, 0.717) is 5.92 Å². The average Bonchev–Trinajstić information content (AvgIpc) is 2.39. The first-order valence-corrected chi connectivity index (χ1v) is 6.84. The van der Waals surface area contributed by atoms with Crippen molar-refractivity contribution >= 4 is 0 Å². The third kappa shape index (κ3) is 3.47. The molecule has 1 aromatic carbocycles. The molecule has 0 radical (unpaired) electrons. The molecule has 0 saturated heterocycles. The molecule has 0 fully saturated rings. The summed E-state index contributed by atoms with van der Waals surface area (Å²) in [5, 5.41) is 3.47. The Kier molecular flexibility index (Phi) is 4.87. The highest BCUT2D eigenvalue weighted by Gasteiger charge is 2.20. The van der Waals surface area contributed by atoms with Crippen LogP contribution in [0.5, 0.6) is 5.75 Å². The van der Waals surface area contributed by atoms with Gasteiger partial charge >= 0.3 is 0 Å². The minimum absolute atomic E-state index is 0.698. The number of nitrogens with one attached hydrogen (secondary N) is 1. The fraction of sp³-hybridized carbons (Fsp3) is 0.600. The summed E-state index contributed by atoms with van der Waals surface area (Å²) in [6, 6.07) is 8.50. The number of rotatable bonds is 6. The van der Waals surface area contributed by atoms with Gasteiger partial charge in [0.25, 0.3) is 0 Å². The van der Waals surface area contributed by atoms with Gasteiger partial charge < -0.3 is 10.1 Å². The van der Waals surface area contributed by atoms with E-state index in [4.69, 9.17) is 4.74 Å². The largest absolute Gasteiger partial charge is 0.493 e. The van der Waals surface area contributed by atoms with Crippen molar-refractivity contribution in [2.75, 3.05) is 19.7 Å². The summed E-state index contributed by atoms with van der Waals surface area (Å²) in [6.07, 6.45) is 4.93. The van der Waals surface area contributed by atoms with Crippen molar-refractivity contribution in [3.8, 4) is 5.75 Å². The molecule has 0 aromatic heterocycles. The van der Waals surface area contributed by atoms with E-state index < -0.39 is 0 Å². The summed E-state index contributed by atoms with van der Waals surface area (Å²) in [5.74, 6) is 1.80. The van der Waals surface area contributed by atoms with Crippen LogP contribution in [0.4, 0.5) is 0 Å². The Bertz CT molecular complexity index is 337. The van der Waals surface area contributed by atoms with Gasteiger partial charge in [0.1, 0.15) is 5.75 Å². The molecule has 94 valence electrons. The zero-order valence-corrected chi connectivity index (χ0v) is 10.7. The Morgan fingerprint density at radius 3 is 3.06 bits per heavy atom. The van der Waals surface area contributed by atoms with Crippen LogP contribution in [0.25, 0.3) is 0 Å². The van der Waals surface area contributed by atoms with Gasteiger partial charge in [-0.1, -0.05) is 25.1 Å². The summed E-state index contributed by atoms with van der Waals surface area (Å²) in [4.78, 5) is 0. The second-order valence-electron chi connectivity index (χ2n) is 4.76. The molecule has 1 unspecified atom stereocenters. The summed E-state index contributed by atoms with van der Waals surface area (Å²) in [6.45, 7) is 5.38. The summed E-state index contributed by atoms with van der Waals surface area (Å²) in [7, 11) is 0. The molecule has 1 aliphatic heterocycles. The number of fused-ring (bicyclic) bond motifs is 1. The van der Waals surface area contributed by atoms with Gasteiger partial charge in [0.15, 0.2) is 0 Å². The lowest BCUT2D eigenvalue weighted by atomic mass is 9.89. The maximum atomic E-state index is 5.68. The normalized spacial score (nSPS) is 18.5. The number of hydrogen-bond donors (Lipinski definition) is 1. The van der Waals surface area contributed by atoms with E-state index in [1.807, 2.05) is 0 Å². The van der Waals surface area contributed by atoms with Crippen molar-refractivity contribution in [3.63, 3.8) is 0 Å². The molecular weight excluding hydrogens is 210 g/mol. The van der Waals surface area contributed by atoms with Crippen LogP contribution in [-0.4, -0.2) is 19.7 Å². The fourth-order valence-corrected chi connectivity index (χ4v) is 2.49. The van der Waals surface area contributed by atoms with Gasteiger partial charge in [-0.05, 0) is 56.3 Å². The summed E-state index contributed by atoms with van der Waals surface area (Å²) >= 11 is 0. The Labute approximate surface area is 104 Å². The molecule has 17 heavy (non-hydrogen) atoms. The number of hydrogen-bond acceptors (Lipinski definition) is 2. The first-order chi connectivity index (χ1) is 8.42. The lowest BCUT2D eigenvalue weighted by Gasteiger charge is -2.25. The monoisotopic (exact) mass is 233 g/mol. The molecule has 0 aliphatic carbocycles. The molecule has 0 saturated carbocycles. The fourth-order valence-electron chi connectivity index (χ4n) is 2.49. The van der Waals surface area contributed by atoms with Crippen LogP contribution in [-0.2, 0) is 0 Å². The Morgan fingerprint density at radius 1 is 1.29 bits per heavy atom. The average molecular weight is 233 g/mol. The smallest absolute Gasteiger partial charge is 0.122 e. The van der Waals surface area contributed by atoms with Crippen molar-refractivity contribution in [3.05, 3.63) is 29.8 Å². The topological polar surface area (TPSA) is 21.3 Å². The predicted octanol–water partition coefficient (Wildman–Crippen LogP) is 3.33. The van der Waals surface area contributed by atoms with Gasteiger partial charge in [0.2, 0.25) is 0 Å². The van der Waals surface area contributed by atoms with Crippen LogP contribution < -0.4 is 10.1 Å². The van der Waals surface area contributed by atoms with E-state index >= 15 is 0 Å². The van der Waals surface area contributed by atoms with Gasteiger partial charge in [0, 0.05) is 0 Å². The molecule has 1 atom stereocenters. The first kappa shape index (κ1) is 12.4. The van der Waals surface area contributed by atoms with Crippen LogP contribution >= 0.6 is 0 Å². The maximum absolute atomic E-state index is 5.68. The van der Waals surface area contributed by atoms with Gasteiger partial charge in [-0.15, -0.1) is 0 Å². The Balaban J connectivity index is 1.82. The molecule has 1 aromatic rings. The lowest BCUT2D eigenvalue weighted by Crippen LogP contribution is -2.18. The van der Waals surface area contributed by atoms with Crippen LogP contribution in [0, 0.1) is 0 Å². The molecule has 0 bridgehead atoms. The highest BCUT2D eigenvalue weighted by molar-refractivity contribution is 5.37. The van der Waals surface area contributed by atoms with Gasteiger partial charge in [0.05, 0.1) is 6.61 Å². The lowest BCUT2D eigenvalue weighted by molar-refractivity contribution is 0.261. The summed E-state index contributed by atoms with van der Waals surface area (Å²) < 4.78 is 5.68. The van der Waals surface area contributed by atoms with Crippen LogP contribution in [0.3, 0.4) is 0 Å². The van der Waals surface area contributed by atoms with Crippen molar-refractivity contribution in [1.29, 1.82) is 0 Å². The highest BCUT2D eigenvalue weighted by atomic mass is 16.5. The number of para-hydroxylation sites is 1. The van der Waals surface area contributed by atoms with E-state index in [9.17, 15) is 0 Å². The first-order valence-electron chi connectivity index (χ1n) is 6.84. The summed E-state index contributed by atoms with van der Waals surface area (Å²) in [5.41, 5.74) is 1.41. The maximum Gasteiger partial charge on any atom is 0.122 e. The van der Waals surface area contributed by atoms with Crippen LogP contribution in [0.1, 0.15) is 44.1 Å². The zero-order chi connectivity index (χ0) is 11.9. The minimum atomic E-state index is 0.698. The molecular formula is C15H23NO. The molecule has 1 heterocycles. The minimum Gasteiger partial charge on any atom is -0.493 e. The number of ether oxygens (including phenoxy) is 1. The van der Waals surface area contributed by atoms with E-state index in [-0.39, 0.29) is 0 Å². The van der Waals surface area contributed by atoms with E-state index in [1.165, 1.54) is 31.2 Å². The van der Waals surface area contributed by atoms with Crippen molar-refractivity contribution in [2.45, 2.75) is 38.5 Å². The highest BCUT2D eigenvalue weighted by Crippen LogP contribution is 2.35. The molecule has 1 N–H and O–H groups in total. The quantitative estimate of drug-likeness (QED) is 0.761.